The van der Waals surface area contributed by atoms with E-state index in [1.165, 1.54) is 4.68 Å². The molecule has 5 rings (SSSR count). The molecule has 0 bridgehead atoms. The smallest absolute Gasteiger partial charge is 0.254 e. The van der Waals surface area contributed by atoms with Crippen LogP contribution in [0.4, 0.5) is 17.6 Å². The van der Waals surface area contributed by atoms with E-state index in [4.69, 9.17) is 19.9 Å². The van der Waals surface area contributed by atoms with Gasteiger partial charge in [-0.05, 0) is 36.4 Å². The van der Waals surface area contributed by atoms with Gasteiger partial charge in [-0.3, -0.25) is 4.79 Å². The first kappa shape index (κ1) is 18.3. The van der Waals surface area contributed by atoms with E-state index >= 15 is 0 Å². The highest BCUT2D eigenvalue weighted by molar-refractivity contribution is 5.94. The quantitative estimate of drug-likeness (QED) is 0.671. The Morgan fingerprint density at radius 3 is 2.60 bits per heavy atom. The van der Waals surface area contributed by atoms with Crippen molar-refractivity contribution in [2.45, 2.75) is 0 Å². The Morgan fingerprint density at radius 1 is 1.03 bits per heavy atom. The highest BCUT2D eigenvalue weighted by Crippen LogP contribution is 2.34. The van der Waals surface area contributed by atoms with Crippen LogP contribution in [0.2, 0.25) is 0 Å². The molecule has 0 radical (unpaired) electrons. The van der Waals surface area contributed by atoms with Crippen LogP contribution in [0.5, 0.6) is 11.5 Å². The van der Waals surface area contributed by atoms with E-state index in [0.717, 1.165) is 5.69 Å². The average molecular weight is 408 g/mol. The second-order valence-corrected chi connectivity index (χ2v) is 6.85. The second kappa shape index (κ2) is 7.56. The minimum Gasteiger partial charge on any atom is -0.454 e. The highest BCUT2D eigenvalue weighted by atomic mass is 16.7. The van der Waals surface area contributed by atoms with Gasteiger partial charge >= 0.3 is 0 Å². The largest absolute Gasteiger partial charge is 0.454 e. The SMILES string of the molecule is Nc1nc(Nc2ccc3c(c2)OCO3)nn1-c1ccc(C(=O)N2CCOCC2)cc1. The fraction of sp³-hybridized carbons (Fsp3) is 0.250. The van der Waals surface area contributed by atoms with Gasteiger partial charge in [0.1, 0.15) is 0 Å². The molecule has 3 heterocycles. The first-order valence-corrected chi connectivity index (χ1v) is 9.54. The molecule has 10 nitrogen and oxygen atoms in total. The Labute approximate surface area is 172 Å². The molecule has 3 aromatic rings. The van der Waals surface area contributed by atoms with Crippen LogP contribution >= 0.6 is 0 Å². The van der Waals surface area contributed by atoms with Crippen molar-refractivity contribution in [2.75, 3.05) is 44.1 Å². The van der Waals surface area contributed by atoms with Crippen molar-refractivity contribution in [1.82, 2.24) is 19.7 Å². The molecule has 1 amide bonds. The number of hydrogen-bond donors (Lipinski definition) is 2. The van der Waals surface area contributed by atoms with Gasteiger partial charge in [0.15, 0.2) is 11.5 Å². The molecular weight excluding hydrogens is 388 g/mol. The molecule has 2 aliphatic rings. The van der Waals surface area contributed by atoms with Gasteiger partial charge in [0, 0.05) is 30.4 Å². The van der Waals surface area contributed by atoms with E-state index in [1.54, 1.807) is 29.2 Å². The van der Waals surface area contributed by atoms with Gasteiger partial charge in [0.2, 0.25) is 18.7 Å². The van der Waals surface area contributed by atoms with E-state index in [0.29, 0.717) is 55.0 Å². The van der Waals surface area contributed by atoms with Crippen LogP contribution in [0.15, 0.2) is 42.5 Å². The number of anilines is 3. The second-order valence-electron chi connectivity index (χ2n) is 6.85. The van der Waals surface area contributed by atoms with Crippen molar-refractivity contribution >= 4 is 23.5 Å². The lowest BCUT2D eigenvalue weighted by atomic mass is 10.1. The molecule has 0 saturated carbocycles. The number of fused-ring (bicyclic) bond motifs is 1. The minimum absolute atomic E-state index is 0.0124. The Bertz CT molecular complexity index is 1080. The third-order valence-corrected chi connectivity index (χ3v) is 4.92. The Kier molecular flexibility index (Phi) is 4.60. The lowest BCUT2D eigenvalue weighted by Crippen LogP contribution is -2.40. The summed E-state index contributed by atoms with van der Waals surface area (Å²) >= 11 is 0. The van der Waals surface area contributed by atoms with E-state index in [9.17, 15) is 4.79 Å². The number of hydrogen-bond acceptors (Lipinski definition) is 8. The number of nitrogens with one attached hydrogen (secondary N) is 1. The zero-order chi connectivity index (χ0) is 20.5. The summed E-state index contributed by atoms with van der Waals surface area (Å²) in [6, 6.07) is 12.6. The van der Waals surface area contributed by atoms with Crippen molar-refractivity contribution in [3.8, 4) is 17.2 Å². The molecule has 3 N–H and O–H groups in total. The van der Waals surface area contributed by atoms with Crippen molar-refractivity contribution in [3.63, 3.8) is 0 Å². The van der Waals surface area contributed by atoms with Crippen LogP contribution < -0.4 is 20.5 Å². The summed E-state index contributed by atoms with van der Waals surface area (Å²) in [6.07, 6.45) is 0. The van der Waals surface area contributed by atoms with Crippen LogP contribution in [0, 0.1) is 0 Å². The fourth-order valence-corrected chi connectivity index (χ4v) is 3.36. The van der Waals surface area contributed by atoms with E-state index in [2.05, 4.69) is 15.4 Å². The molecule has 0 unspecified atom stereocenters. The lowest BCUT2D eigenvalue weighted by Gasteiger charge is -2.26. The molecular formula is C20H20N6O4. The Hall–Kier alpha value is -3.79. The molecule has 1 saturated heterocycles. The van der Waals surface area contributed by atoms with Crippen molar-refractivity contribution < 1.29 is 19.0 Å². The first-order chi connectivity index (χ1) is 14.7. The monoisotopic (exact) mass is 408 g/mol. The maximum atomic E-state index is 12.6. The fourth-order valence-electron chi connectivity index (χ4n) is 3.36. The standard InChI is InChI=1S/C20H20N6O4/c21-19-23-20(22-14-3-6-16-17(11-14)30-12-29-16)24-26(19)15-4-1-13(2-5-15)18(27)25-7-9-28-10-8-25/h1-6,11H,7-10,12H2,(H3,21,22,23,24). The van der Waals surface area contributed by atoms with Crippen molar-refractivity contribution in [2.24, 2.45) is 0 Å². The predicted octanol–water partition coefficient (Wildman–Crippen LogP) is 1.79. The van der Waals surface area contributed by atoms with Gasteiger partial charge in [-0.2, -0.15) is 9.67 Å². The third-order valence-electron chi connectivity index (χ3n) is 4.92. The number of morpholine rings is 1. The van der Waals surface area contributed by atoms with Gasteiger partial charge in [0.05, 0.1) is 18.9 Å². The van der Waals surface area contributed by atoms with Crippen LogP contribution in [-0.2, 0) is 4.74 Å². The summed E-state index contributed by atoms with van der Waals surface area (Å²) in [5.41, 5.74) is 8.12. The molecule has 0 atom stereocenters. The Balaban J connectivity index is 1.32. The average Bonchev–Trinajstić information content (AvgIpc) is 3.40. The van der Waals surface area contributed by atoms with Gasteiger partial charge in [-0.25, -0.2) is 0 Å². The van der Waals surface area contributed by atoms with Crippen LogP contribution in [0.25, 0.3) is 5.69 Å². The number of carbonyl (C=O) groups excluding carboxylic acids is 1. The maximum absolute atomic E-state index is 12.6. The molecule has 10 heteroatoms. The zero-order valence-corrected chi connectivity index (χ0v) is 16.1. The molecule has 2 aliphatic heterocycles. The summed E-state index contributed by atoms with van der Waals surface area (Å²) in [4.78, 5) is 18.6. The summed E-state index contributed by atoms with van der Waals surface area (Å²) < 4.78 is 17.5. The van der Waals surface area contributed by atoms with Crippen LogP contribution in [0.1, 0.15) is 10.4 Å². The zero-order valence-electron chi connectivity index (χ0n) is 16.1. The Morgan fingerprint density at radius 2 is 1.80 bits per heavy atom. The first-order valence-electron chi connectivity index (χ1n) is 9.54. The summed E-state index contributed by atoms with van der Waals surface area (Å²) in [5.74, 6) is 1.92. The molecule has 1 aromatic heterocycles. The van der Waals surface area contributed by atoms with Crippen LogP contribution in [0.3, 0.4) is 0 Å². The molecule has 1 fully saturated rings. The number of nitrogens with zero attached hydrogens (tertiary/aromatic N) is 4. The highest BCUT2D eigenvalue weighted by Gasteiger charge is 2.19. The van der Waals surface area contributed by atoms with E-state index < -0.39 is 0 Å². The number of nitrogens with two attached hydrogens (primary N) is 1. The number of benzene rings is 2. The van der Waals surface area contributed by atoms with Crippen LogP contribution in [-0.4, -0.2) is 58.7 Å². The summed E-state index contributed by atoms with van der Waals surface area (Å²) in [6.45, 7) is 2.55. The minimum atomic E-state index is -0.0124. The number of amides is 1. The number of carbonyl (C=O) groups is 1. The lowest BCUT2D eigenvalue weighted by molar-refractivity contribution is 0.0303. The number of ether oxygens (including phenoxy) is 3. The number of aromatic nitrogens is 3. The van der Waals surface area contributed by atoms with Crippen molar-refractivity contribution in [3.05, 3.63) is 48.0 Å². The van der Waals surface area contributed by atoms with E-state index in [-0.39, 0.29) is 18.6 Å². The molecule has 0 spiro atoms. The number of nitrogen functional groups attached to an aromatic ring is 1. The molecule has 30 heavy (non-hydrogen) atoms. The predicted molar refractivity (Wildman–Crippen MR) is 108 cm³/mol. The molecule has 0 aliphatic carbocycles. The van der Waals surface area contributed by atoms with E-state index in [1.807, 2.05) is 18.2 Å². The van der Waals surface area contributed by atoms with Gasteiger partial charge in [0.25, 0.3) is 5.91 Å². The van der Waals surface area contributed by atoms with Crippen molar-refractivity contribution in [1.29, 1.82) is 0 Å². The van der Waals surface area contributed by atoms with Gasteiger partial charge in [-0.1, -0.05) is 0 Å². The molecule has 154 valence electrons. The summed E-state index contributed by atoms with van der Waals surface area (Å²) in [7, 11) is 0. The normalized spacial score (nSPS) is 15.3. The topological polar surface area (TPSA) is 117 Å². The molecule has 2 aromatic carbocycles. The van der Waals surface area contributed by atoms with Gasteiger partial charge < -0.3 is 30.2 Å². The number of rotatable bonds is 4. The van der Waals surface area contributed by atoms with Gasteiger partial charge in [-0.15, -0.1) is 5.10 Å². The third kappa shape index (κ3) is 3.48. The maximum Gasteiger partial charge on any atom is 0.254 e. The summed E-state index contributed by atoms with van der Waals surface area (Å²) in [5, 5.41) is 7.52.